The van der Waals surface area contributed by atoms with E-state index in [1.807, 2.05) is 0 Å². The summed E-state index contributed by atoms with van der Waals surface area (Å²) in [5, 5.41) is 12.8. The van der Waals surface area contributed by atoms with Crippen LogP contribution in [0.15, 0.2) is 59.0 Å². The number of aliphatic hydroxyl groups excluding tert-OH is 1. The third kappa shape index (κ3) is 6.36. The highest BCUT2D eigenvalue weighted by Crippen LogP contribution is 2.45. The molecular weight excluding hydrogens is 668 g/mol. The summed E-state index contributed by atoms with van der Waals surface area (Å²) >= 11 is 5.46. The fraction of sp³-hybridized carbons (Fsp3) is 0.172. The first-order chi connectivity index (χ1) is 21.6. The lowest BCUT2D eigenvalue weighted by molar-refractivity contribution is -0.286. The number of aromatic nitrogens is 3. The maximum atomic E-state index is 14.8. The van der Waals surface area contributed by atoms with Crippen LogP contribution >= 0.6 is 11.6 Å². The Kier molecular flexibility index (Phi) is 8.72. The molecule has 0 saturated carbocycles. The molecule has 2 aromatic heterocycles. The predicted molar refractivity (Wildman–Crippen MR) is 150 cm³/mol. The number of hydrogen-bond donors (Lipinski definition) is 1. The van der Waals surface area contributed by atoms with Crippen molar-refractivity contribution in [2.24, 2.45) is 0 Å². The Morgan fingerprint density at radius 2 is 1.63 bits per heavy atom. The quantitative estimate of drug-likeness (QED) is 0.190. The van der Waals surface area contributed by atoms with E-state index < -0.39 is 42.2 Å². The molecule has 0 radical (unpaired) electrons. The lowest BCUT2D eigenvalue weighted by atomic mass is 9.95. The minimum absolute atomic E-state index is 0.0647. The third-order valence-corrected chi connectivity index (χ3v) is 7.01. The van der Waals surface area contributed by atoms with Gasteiger partial charge in [0.25, 0.3) is 0 Å². The van der Waals surface area contributed by atoms with Crippen molar-refractivity contribution in [2.75, 3.05) is 0 Å². The minimum atomic E-state index is -4.79. The highest BCUT2D eigenvalue weighted by Gasteiger charge is 2.43. The van der Waals surface area contributed by atoms with Crippen molar-refractivity contribution >= 4 is 23.2 Å². The summed E-state index contributed by atoms with van der Waals surface area (Å²) in [6.07, 6.45) is -8.66. The summed E-state index contributed by atoms with van der Waals surface area (Å²) < 4.78 is 115. The van der Waals surface area contributed by atoms with Crippen LogP contribution in [0, 0.1) is 19.7 Å². The van der Waals surface area contributed by atoms with Gasteiger partial charge in [0.1, 0.15) is 16.7 Å². The van der Waals surface area contributed by atoms with Crippen LogP contribution in [0.25, 0.3) is 39.4 Å². The van der Waals surface area contributed by atoms with E-state index in [0.29, 0.717) is 22.8 Å². The minimum Gasteiger partial charge on any atom is -0.440 e. The molecule has 9 nitrogen and oxygen atoms in total. The molecule has 46 heavy (non-hydrogen) atoms. The lowest BCUT2D eigenvalue weighted by Gasteiger charge is -2.14. The van der Waals surface area contributed by atoms with E-state index in [-0.39, 0.29) is 56.4 Å². The number of oxazole rings is 1. The van der Waals surface area contributed by atoms with Crippen molar-refractivity contribution in [2.45, 2.75) is 32.9 Å². The molecular formula is C29H18ClF6N3O6S. The van der Waals surface area contributed by atoms with Gasteiger partial charge in [-0.3, -0.25) is 0 Å². The topological polar surface area (TPSA) is 117 Å². The Bertz CT molecular complexity index is 1980. The summed E-state index contributed by atoms with van der Waals surface area (Å²) in [5.74, 6) is -0.920. The molecule has 1 N–H and O–H groups in total. The average Bonchev–Trinajstić information content (AvgIpc) is 3.65. The molecule has 0 bridgehead atoms. The number of halogens is 7. The summed E-state index contributed by atoms with van der Waals surface area (Å²) in [4.78, 5) is 4.45. The van der Waals surface area contributed by atoms with Gasteiger partial charge in [0.2, 0.25) is 0 Å². The number of rotatable bonds is 5. The van der Waals surface area contributed by atoms with Gasteiger partial charge in [-0.1, -0.05) is 23.7 Å². The van der Waals surface area contributed by atoms with E-state index in [0.717, 1.165) is 4.68 Å². The molecule has 1 aliphatic rings. The maximum absolute atomic E-state index is 14.8. The van der Waals surface area contributed by atoms with E-state index in [1.54, 1.807) is 13.0 Å². The molecule has 17 heteroatoms. The number of nitrogens with zero attached hydrogens (tertiary/aromatic N) is 3. The van der Waals surface area contributed by atoms with E-state index in [1.165, 1.54) is 49.4 Å². The van der Waals surface area contributed by atoms with Crippen molar-refractivity contribution in [3.05, 3.63) is 88.3 Å². The molecule has 0 atom stereocenters. The summed E-state index contributed by atoms with van der Waals surface area (Å²) in [5.41, 5.74) is 0.766. The molecule has 6 rings (SSSR count). The van der Waals surface area contributed by atoms with Gasteiger partial charge in [0.05, 0.1) is 12.3 Å². The second-order valence-electron chi connectivity index (χ2n) is 9.71. The Labute approximate surface area is 263 Å². The van der Waals surface area contributed by atoms with Gasteiger partial charge in [-0.05, 0) is 60.0 Å². The molecule has 0 fully saturated rings. The van der Waals surface area contributed by atoms with Crippen molar-refractivity contribution in [1.29, 1.82) is 0 Å². The zero-order chi connectivity index (χ0) is 33.6. The zero-order valence-corrected chi connectivity index (χ0v) is 24.9. The third-order valence-electron chi connectivity index (χ3n) is 6.74. The summed E-state index contributed by atoms with van der Waals surface area (Å²) in [6.45, 7) is 2.63. The molecule has 3 aromatic carbocycles. The fourth-order valence-corrected chi connectivity index (χ4v) is 5.02. The van der Waals surface area contributed by atoms with Crippen molar-refractivity contribution in [3.8, 4) is 50.9 Å². The molecule has 240 valence electrons. The van der Waals surface area contributed by atoms with E-state index in [9.17, 15) is 31.4 Å². The SMILES string of the molecule is Cc1nc(-c2cc(-c3cc(C)c(CO)c(F)c3)ccc2-n2nc(C(F)(F)F)cc2Cl)c(-c2ccc3c(c2)OC(F)(F)O3)o1.O=S=O. The first-order valence-electron chi connectivity index (χ1n) is 12.8. The Morgan fingerprint density at radius 1 is 0.957 bits per heavy atom. The molecule has 0 amide bonds. The summed E-state index contributed by atoms with van der Waals surface area (Å²) in [6, 6.07) is 11.9. The molecule has 3 heterocycles. The van der Waals surface area contributed by atoms with Crippen LogP contribution in [0.3, 0.4) is 0 Å². The summed E-state index contributed by atoms with van der Waals surface area (Å²) in [7, 11) is 0. The highest BCUT2D eigenvalue weighted by atomic mass is 35.5. The largest absolute Gasteiger partial charge is 0.586 e. The molecule has 0 unspecified atom stereocenters. The monoisotopic (exact) mass is 685 g/mol. The number of aliphatic hydroxyl groups is 1. The Hall–Kier alpha value is -4.67. The number of aryl methyl sites for hydroxylation is 2. The number of benzene rings is 3. The van der Waals surface area contributed by atoms with Gasteiger partial charge in [-0.2, -0.15) is 26.7 Å². The predicted octanol–water partition coefficient (Wildman–Crippen LogP) is 7.43. The van der Waals surface area contributed by atoms with Gasteiger partial charge in [0.15, 0.2) is 28.8 Å². The van der Waals surface area contributed by atoms with E-state index in [4.69, 9.17) is 24.4 Å². The van der Waals surface area contributed by atoms with Crippen LogP contribution in [0.4, 0.5) is 26.3 Å². The fourth-order valence-electron chi connectivity index (χ4n) is 4.79. The lowest BCUT2D eigenvalue weighted by Crippen LogP contribution is -2.25. The molecule has 0 saturated heterocycles. The van der Waals surface area contributed by atoms with Gasteiger partial charge >= 0.3 is 24.0 Å². The number of ether oxygens (including phenoxy) is 2. The van der Waals surface area contributed by atoms with Crippen LogP contribution in [0.1, 0.15) is 22.7 Å². The number of alkyl halides is 5. The molecule has 5 aromatic rings. The second-order valence-corrected chi connectivity index (χ2v) is 10.2. The van der Waals surface area contributed by atoms with Gasteiger partial charge in [-0.15, -0.1) is 8.78 Å². The highest BCUT2D eigenvalue weighted by molar-refractivity contribution is 7.51. The normalized spacial score (nSPS) is 13.3. The smallest absolute Gasteiger partial charge is 0.440 e. The Balaban J connectivity index is 0.00000134. The van der Waals surface area contributed by atoms with Gasteiger partial charge in [0, 0.05) is 29.7 Å². The Morgan fingerprint density at radius 3 is 2.26 bits per heavy atom. The van der Waals surface area contributed by atoms with Gasteiger partial charge in [-0.25, -0.2) is 14.1 Å². The number of fused-ring (bicyclic) bond motifs is 1. The molecule has 0 spiro atoms. The molecule has 1 aliphatic heterocycles. The first kappa shape index (κ1) is 32.7. The second kappa shape index (κ2) is 12.3. The first-order valence-corrected chi connectivity index (χ1v) is 13.9. The van der Waals surface area contributed by atoms with Gasteiger partial charge < -0.3 is 19.0 Å². The van der Waals surface area contributed by atoms with Crippen molar-refractivity contribution in [3.63, 3.8) is 0 Å². The van der Waals surface area contributed by atoms with Crippen molar-refractivity contribution < 1.29 is 53.8 Å². The zero-order valence-electron chi connectivity index (χ0n) is 23.3. The standard InChI is InChI=1S/C29H18ClF6N3O4.O2S/c1-13-7-17(9-20(31)19(13)12-40)15-3-5-21(39-25(30)11-24(38-39)28(32,33)34)18(8-15)26-27(41-14(2)37-26)16-4-6-22-23(10-16)43-29(35,36)42-22;1-3-2/h3-11,40H,12H2,1-2H3;. The maximum Gasteiger partial charge on any atom is 0.586 e. The van der Waals surface area contributed by atoms with E-state index >= 15 is 0 Å². The average molecular weight is 686 g/mol. The van der Waals surface area contributed by atoms with Crippen LogP contribution in [-0.2, 0) is 24.4 Å². The number of hydrogen-bond acceptors (Lipinski definition) is 8. The van der Waals surface area contributed by atoms with E-state index in [2.05, 4.69) is 19.6 Å². The molecule has 0 aliphatic carbocycles. The van der Waals surface area contributed by atoms with Crippen LogP contribution in [0.5, 0.6) is 11.5 Å². The van der Waals surface area contributed by atoms with Crippen LogP contribution in [-0.4, -0.2) is 34.6 Å². The van der Waals surface area contributed by atoms with Crippen molar-refractivity contribution in [1.82, 2.24) is 14.8 Å². The van der Waals surface area contributed by atoms with Crippen LogP contribution < -0.4 is 9.47 Å². The van der Waals surface area contributed by atoms with Crippen LogP contribution in [0.2, 0.25) is 5.15 Å².